The predicted molar refractivity (Wildman–Crippen MR) is 66.2 cm³/mol. The Morgan fingerprint density at radius 3 is 2.53 bits per heavy atom. The molecule has 0 spiro atoms. The highest BCUT2D eigenvalue weighted by Crippen LogP contribution is 2.22. The van der Waals surface area contributed by atoms with E-state index in [1.807, 2.05) is 0 Å². The highest BCUT2D eigenvalue weighted by atomic mass is 19.1. The van der Waals surface area contributed by atoms with Crippen molar-refractivity contribution < 1.29 is 9.50 Å². The van der Waals surface area contributed by atoms with Gasteiger partial charge in [-0.25, -0.2) is 4.39 Å². The van der Waals surface area contributed by atoms with E-state index in [0.29, 0.717) is 18.5 Å². The van der Waals surface area contributed by atoms with Crippen molar-refractivity contribution in [1.82, 2.24) is 5.32 Å². The average molecular weight is 237 g/mol. The molecular formula is C14H20FNO. The van der Waals surface area contributed by atoms with Gasteiger partial charge in [0.1, 0.15) is 5.82 Å². The van der Waals surface area contributed by atoms with Crippen molar-refractivity contribution in [3.05, 3.63) is 35.6 Å². The molecule has 1 aliphatic rings. The van der Waals surface area contributed by atoms with Crippen LogP contribution in [0.1, 0.15) is 44.3 Å². The molecule has 1 aromatic rings. The first-order valence-electron chi connectivity index (χ1n) is 6.34. The highest BCUT2D eigenvalue weighted by molar-refractivity contribution is 5.18. The van der Waals surface area contributed by atoms with Gasteiger partial charge >= 0.3 is 0 Å². The molecule has 1 aromatic carbocycles. The topological polar surface area (TPSA) is 32.3 Å². The smallest absolute Gasteiger partial charge is 0.123 e. The molecule has 1 saturated carbocycles. The summed E-state index contributed by atoms with van der Waals surface area (Å²) in [5.41, 5.74) is 0.786. The van der Waals surface area contributed by atoms with Gasteiger partial charge in [-0.05, 0) is 43.9 Å². The molecule has 0 heterocycles. The van der Waals surface area contributed by atoms with Crippen LogP contribution in [0.15, 0.2) is 24.3 Å². The Labute approximate surface area is 102 Å². The summed E-state index contributed by atoms with van der Waals surface area (Å²) in [6.07, 6.45) is 3.96. The van der Waals surface area contributed by atoms with Crippen LogP contribution in [0, 0.1) is 5.82 Å². The van der Waals surface area contributed by atoms with Gasteiger partial charge in [-0.15, -0.1) is 0 Å². The number of hydrogen-bond acceptors (Lipinski definition) is 2. The molecule has 0 amide bonds. The van der Waals surface area contributed by atoms with Crippen LogP contribution in [0.25, 0.3) is 0 Å². The van der Waals surface area contributed by atoms with E-state index in [2.05, 4.69) is 12.2 Å². The van der Waals surface area contributed by atoms with Crippen molar-refractivity contribution in [1.29, 1.82) is 0 Å². The fourth-order valence-corrected chi connectivity index (χ4v) is 2.20. The second-order valence-corrected chi connectivity index (χ2v) is 5.00. The van der Waals surface area contributed by atoms with E-state index in [0.717, 1.165) is 5.56 Å². The molecule has 0 radical (unpaired) electrons. The Bertz CT molecular complexity index is 348. The van der Waals surface area contributed by atoms with Crippen LogP contribution in [0.2, 0.25) is 0 Å². The summed E-state index contributed by atoms with van der Waals surface area (Å²) < 4.78 is 12.7. The number of hydrogen-bond donors (Lipinski definition) is 2. The number of halogens is 1. The number of aliphatic hydroxyl groups is 1. The third-order valence-corrected chi connectivity index (χ3v) is 3.46. The largest absolute Gasteiger partial charge is 0.388 e. The number of aliphatic hydroxyl groups excluding tert-OH is 1. The van der Waals surface area contributed by atoms with Crippen molar-refractivity contribution in [3.63, 3.8) is 0 Å². The summed E-state index contributed by atoms with van der Waals surface area (Å²) in [6, 6.07) is 7.00. The fraction of sp³-hybridized carbons (Fsp3) is 0.571. The van der Waals surface area contributed by atoms with E-state index in [9.17, 15) is 9.50 Å². The first-order valence-corrected chi connectivity index (χ1v) is 6.34. The fourth-order valence-electron chi connectivity index (χ4n) is 2.20. The van der Waals surface area contributed by atoms with Gasteiger partial charge in [-0.2, -0.15) is 0 Å². The molecule has 2 nitrogen and oxygen atoms in total. The summed E-state index contributed by atoms with van der Waals surface area (Å²) >= 11 is 0. The Balaban J connectivity index is 1.82. The van der Waals surface area contributed by atoms with Gasteiger partial charge in [-0.1, -0.05) is 18.6 Å². The molecule has 3 heteroatoms. The molecule has 0 bridgehead atoms. The number of nitrogens with one attached hydrogen (secondary N) is 1. The summed E-state index contributed by atoms with van der Waals surface area (Å²) in [6.45, 7) is 2.09. The minimum Gasteiger partial charge on any atom is -0.388 e. The lowest BCUT2D eigenvalue weighted by Crippen LogP contribution is -2.41. The molecule has 17 heavy (non-hydrogen) atoms. The first-order chi connectivity index (χ1) is 8.15. The van der Waals surface area contributed by atoms with Crippen molar-refractivity contribution in [2.75, 3.05) is 0 Å². The Morgan fingerprint density at radius 2 is 2.00 bits per heavy atom. The van der Waals surface area contributed by atoms with E-state index in [1.54, 1.807) is 12.1 Å². The lowest BCUT2D eigenvalue weighted by atomic mass is 9.91. The number of benzene rings is 1. The van der Waals surface area contributed by atoms with Crippen molar-refractivity contribution in [3.8, 4) is 0 Å². The van der Waals surface area contributed by atoms with Gasteiger partial charge < -0.3 is 10.4 Å². The minimum absolute atomic E-state index is 0.262. The van der Waals surface area contributed by atoms with E-state index in [4.69, 9.17) is 0 Å². The van der Waals surface area contributed by atoms with Crippen molar-refractivity contribution in [2.45, 2.75) is 50.8 Å². The number of rotatable bonds is 5. The molecule has 0 aliphatic heterocycles. The lowest BCUT2D eigenvalue weighted by molar-refractivity contribution is 0.147. The molecule has 2 unspecified atom stereocenters. The summed E-state index contributed by atoms with van der Waals surface area (Å²) in [4.78, 5) is 0. The monoisotopic (exact) mass is 237 g/mol. The normalized spacial score (nSPS) is 19.7. The SMILES string of the molecule is CC(CC(O)c1ccc(F)cc1)NC1CCC1. The van der Waals surface area contributed by atoms with Crippen LogP contribution < -0.4 is 5.32 Å². The van der Waals surface area contributed by atoms with Gasteiger partial charge in [-0.3, -0.25) is 0 Å². The third kappa shape index (κ3) is 3.51. The lowest BCUT2D eigenvalue weighted by Gasteiger charge is -2.30. The van der Waals surface area contributed by atoms with Crippen LogP contribution in [0.4, 0.5) is 4.39 Å². The Kier molecular flexibility index (Phi) is 4.13. The molecule has 2 N–H and O–H groups in total. The Morgan fingerprint density at radius 1 is 1.35 bits per heavy atom. The van der Waals surface area contributed by atoms with Crippen LogP contribution in [0.3, 0.4) is 0 Å². The maximum atomic E-state index is 12.7. The molecule has 0 aromatic heterocycles. The first kappa shape index (κ1) is 12.5. The van der Waals surface area contributed by atoms with E-state index in [1.165, 1.54) is 31.4 Å². The molecule has 2 rings (SSSR count). The molecule has 1 aliphatic carbocycles. The van der Waals surface area contributed by atoms with Crippen molar-refractivity contribution in [2.24, 2.45) is 0 Å². The van der Waals surface area contributed by atoms with Gasteiger partial charge in [0.15, 0.2) is 0 Å². The molecule has 1 fully saturated rings. The third-order valence-electron chi connectivity index (χ3n) is 3.46. The second-order valence-electron chi connectivity index (χ2n) is 5.00. The maximum Gasteiger partial charge on any atom is 0.123 e. The predicted octanol–water partition coefficient (Wildman–Crippen LogP) is 2.78. The van der Waals surface area contributed by atoms with E-state index >= 15 is 0 Å². The quantitative estimate of drug-likeness (QED) is 0.825. The summed E-state index contributed by atoms with van der Waals surface area (Å²) in [5.74, 6) is -0.262. The second kappa shape index (κ2) is 5.61. The molecule has 94 valence electrons. The molecular weight excluding hydrogens is 217 g/mol. The summed E-state index contributed by atoms with van der Waals surface area (Å²) in [7, 11) is 0. The summed E-state index contributed by atoms with van der Waals surface area (Å²) in [5, 5.41) is 13.5. The van der Waals surface area contributed by atoms with Gasteiger partial charge in [0.2, 0.25) is 0 Å². The zero-order valence-corrected chi connectivity index (χ0v) is 10.2. The maximum absolute atomic E-state index is 12.7. The minimum atomic E-state index is -0.516. The zero-order valence-electron chi connectivity index (χ0n) is 10.2. The molecule has 0 saturated heterocycles. The van der Waals surface area contributed by atoms with Crippen LogP contribution in [-0.4, -0.2) is 17.2 Å². The zero-order chi connectivity index (χ0) is 12.3. The van der Waals surface area contributed by atoms with Crippen LogP contribution in [-0.2, 0) is 0 Å². The standard InChI is InChI=1S/C14H20FNO/c1-10(16-13-3-2-4-13)9-14(17)11-5-7-12(15)8-6-11/h5-8,10,13-14,16-17H,2-4,9H2,1H3. The van der Waals surface area contributed by atoms with E-state index < -0.39 is 6.10 Å². The van der Waals surface area contributed by atoms with Gasteiger partial charge in [0.05, 0.1) is 6.10 Å². The van der Waals surface area contributed by atoms with Crippen LogP contribution in [0.5, 0.6) is 0 Å². The van der Waals surface area contributed by atoms with Crippen molar-refractivity contribution >= 4 is 0 Å². The highest BCUT2D eigenvalue weighted by Gasteiger charge is 2.20. The average Bonchev–Trinajstić information content (AvgIpc) is 2.24. The van der Waals surface area contributed by atoms with Crippen LogP contribution >= 0.6 is 0 Å². The van der Waals surface area contributed by atoms with Gasteiger partial charge in [0.25, 0.3) is 0 Å². The molecule has 2 atom stereocenters. The van der Waals surface area contributed by atoms with Gasteiger partial charge in [0, 0.05) is 12.1 Å². The Hall–Kier alpha value is -0.930. The van der Waals surface area contributed by atoms with E-state index in [-0.39, 0.29) is 5.82 Å².